The van der Waals surface area contributed by atoms with E-state index in [9.17, 15) is 9.59 Å². The van der Waals surface area contributed by atoms with Crippen molar-refractivity contribution in [1.82, 2.24) is 10.2 Å². The number of nitrogens with one attached hydrogen (secondary N) is 2. The molecule has 4 rings (SSSR count). The summed E-state index contributed by atoms with van der Waals surface area (Å²) in [4.78, 5) is 26.1. The minimum atomic E-state index is -0.471. The second-order valence-electron chi connectivity index (χ2n) is 6.74. The molecule has 1 spiro atoms. The molecule has 0 bridgehead atoms. The number of anilines is 1. The number of esters is 1. The predicted molar refractivity (Wildman–Crippen MR) is 94.8 cm³/mol. The van der Waals surface area contributed by atoms with E-state index in [1.807, 2.05) is 24.3 Å². The molecule has 1 fully saturated rings. The number of furan rings is 1. The van der Waals surface area contributed by atoms with Gasteiger partial charge in [-0.05, 0) is 24.3 Å². The molecule has 26 heavy (non-hydrogen) atoms. The van der Waals surface area contributed by atoms with Crippen molar-refractivity contribution in [2.75, 3.05) is 25.5 Å². The lowest BCUT2D eigenvalue weighted by atomic mass is 9.92. The number of methoxy groups -OCH3 is 1. The Bertz CT molecular complexity index is 837. The maximum Gasteiger partial charge on any atom is 0.373 e. The summed E-state index contributed by atoms with van der Waals surface area (Å²) in [5, 5.41) is 6.65. The van der Waals surface area contributed by atoms with Crippen LogP contribution >= 0.6 is 0 Å². The highest BCUT2D eigenvalue weighted by Crippen LogP contribution is 2.31. The van der Waals surface area contributed by atoms with Crippen LogP contribution in [0.3, 0.4) is 0 Å². The van der Waals surface area contributed by atoms with E-state index in [-0.39, 0.29) is 11.7 Å². The number of hydrogen-bond acceptors (Lipinski definition) is 6. The molecule has 2 N–H and O–H groups in total. The molecule has 136 valence electrons. The summed E-state index contributed by atoms with van der Waals surface area (Å²) >= 11 is 0. The molecule has 0 saturated carbocycles. The van der Waals surface area contributed by atoms with Crippen molar-refractivity contribution in [2.45, 2.75) is 25.0 Å². The molecule has 1 saturated heterocycles. The average Bonchev–Trinajstić information content (AvgIpc) is 3.12. The van der Waals surface area contributed by atoms with Gasteiger partial charge in [0, 0.05) is 31.6 Å². The van der Waals surface area contributed by atoms with Crippen molar-refractivity contribution in [3.05, 3.63) is 53.5 Å². The first-order chi connectivity index (χ1) is 12.6. The molecule has 1 aromatic heterocycles. The number of ether oxygens (including phenoxy) is 1. The fourth-order valence-electron chi connectivity index (χ4n) is 3.60. The van der Waals surface area contributed by atoms with Crippen LogP contribution in [0.25, 0.3) is 0 Å². The first kappa shape index (κ1) is 16.7. The van der Waals surface area contributed by atoms with Crippen molar-refractivity contribution in [3.63, 3.8) is 0 Å². The molecule has 2 aromatic rings. The van der Waals surface area contributed by atoms with E-state index < -0.39 is 11.6 Å². The molecule has 0 atom stereocenters. The smallest absolute Gasteiger partial charge is 0.373 e. The monoisotopic (exact) mass is 355 g/mol. The largest absolute Gasteiger partial charge is 0.463 e. The highest BCUT2D eigenvalue weighted by Gasteiger charge is 2.40. The summed E-state index contributed by atoms with van der Waals surface area (Å²) in [7, 11) is 1.33. The van der Waals surface area contributed by atoms with E-state index in [1.54, 1.807) is 12.1 Å². The van der Waals surface area contributed by atoms with Crippen molar-refractivity contribution in [2.24, 2.45) is 0 Å². The SMILES string of the molecule is COC(=O)c1ccc(CN2CCC3(CC2)NC(=O)c2ccccc2N3)o1. The first-order valence-electron chi connectivity index (χ1n) is 8.68. The van der Waals surface area contributed by atoms with Crippen LogP contribution in [-0.2, 0) is 11.3 Å². The lowest BCUT2D eigenvalue weighted by Crippen LogP contribution is -2.62. The van der Waals surface area contributed by atoms with Gasteiger partial charge in [-0.15, -0.1) is 0 Å². The molecule has 1 amide bonds. The zero-order valence-corrected chi connectivity index (χ0v) is 14.6. The van der Waals surface area contributed by atoms with Gasteiger partial charge >= 0.3 is 5.97 Å². The number of fused-ring (bicyclic) bond motifs is 1. The molecular formula is C19H21N3O4. The Hall–Kier alpha value is -2.80. The third-order valence-electron chi connectivity index (χ3n) is 5.04. The summed E-state index contributed by atoms with van der Waals surface area (Å²) in [5.74, 6) is 0.448. The van der Waals surface area contributed by atoms with E-state index in [2.05, 4.69) is 20.3 Å². The molecule has 3 heterocycles. The number of likely N-dealkylation sites (tertiary alicyclic amines) is 1. The normalized spacial score (nSPS) is 18.7. The van der Waals surface area contributed by atoms with Gasteiger partial charge in [-0.1, -0.05) is 12.1 Å². The molecule has 1 aromatic carbocycles. The summed E-state index contributed by atoms with van der Waals surface area (Å²) in [6.07, 6.45) is 1.58. The van der Waals surface area contributed by atoms with E-state index in [1.165, 1.54) is 7.11 Å². The number of hydrogen-bond donors (Lipinski definition) is 2. The molecule has 2 aliphatic heterocycles. The standard InChI is InChI=1S/C19H21N3O4/c1-25-18(24)16-7-6-13(26-16)12-22-10-8-19(9-11-22)20-15-5-3-2-4-14(15)17(23)21-19/h2-7,20H,8-12H2,1H3,(H,21,23). The minimum Gasteiger partial charge on any atom is -0.463 e. The Kier molecular flexibility index (Phi) is 4.16. The van der Waals surface area contributed by atoms with Crippen molar-refractivity contribution in [1.29, 1.82) is 0 Å². The van der Waals surface area contributed by atoms with Crippen LogP contribution < -0.4 is 10.6 Å². The van der Waals surface area contributed by atoms with Gasteiger partial charge in [-0.2, -0.15) is 0 Å². The minimum absolute atomic E-state index is 0.0263. The third kappa shape index (κ3) is 3.06. The predicted octanol–water partition coefficient (Wildman–Crippen LogP) is 2.21. The number of carbonyl (C=O) groups is 2. The van der Waals surface area contributed by atoms with Gasteiger partial charge in [-0.25, -0.2) is 4.79 Å². The van der Waals surface area contributed by atoms with Crippen molar-refractivity contribution in [3.8, 4) is 0 Å². The first-order valence-corrected chi connectivity index (χ1v) is 8.68. The highest BCUT2D eigenvalue weighted by atomic mass is 16.5. The lowest BCUT2D eigenvalue weighted by Gasteiger charge is -2.45. The quantitative estimate of drug-likeness (QED) is 0.822. The summed E-state index contributed by atoms with van der Waals surface area (Å²) in [5.41, 5.74) is 1.17. The van der Waals surface area contributed by atoms with Crippen LogP contribution in [0.1, 0.15) is 39.5 Å². The van der Waals surface area contributed by atoms with Crippen molar-refractivity contribution >= 4 is 17.6 Å². The molecular weight excluding hydrogens is 334 g/mol. The Balaban J connectivity index is 1.39. The zero-order valence-electron chi connectivity index (χ0n) is 14.6. The van der Waals surface area contributed by atoms with Crippen molar-refractivity contribution < 1.29 is 18.7 Å². The van der Waals surface area contributed by atoms with Gasteiger partial charge in [0.15, 0.2) is 0 Å². The number of nitrogens with zero attached hydrogens (tertiary/aromatic N) is 1. The molecule has 0 aliphatic carbocycles. The number of carbonyl (C=O) groups excluding carboxylic acids is 2. The van der Waals surface area contributed by atoms with Crippen LogP contribution in [0.2, 0.25) is 0 Å². The number of piperidine rings is 1. The number of para-hydroxylation sites is 1. The fraction of sp³-hybridized carbons (Fsp3) is 0.368. The van der Waals surface area contributed by atoms with Gasteiger partial charge in [0.2, 0.25) is 5.76 Å². The van der Waals surface area contributed by atoms with Gasteiger partial charge in [0.05, 0.1) is 19.2 Å². The Labute approximate surface area is 151 Å². The number of benzene rings is 1. The van der Waals surface area contributed by atoms with E-state index in [0.717, 1.165) is 37.4 Å². The van der Waals surface area contributed by atoms with Gasteiger partial charge in [-0.3, -0.25) is 9.69 Å². The van der Waals surface area contributed by atoms with E-state index in [0.29, 0.717) is 12.1 Å². The lowest BCUT2D eigenvalue weighted by molar-refractivity contribution is 0.0560. The van der Waals surface area contributed by atoms with Crippen LogP contribution in [0.5, 0.6) is 0 Å². The van der Waals surface area contributed by atoms with Gasteiger partial charge < -0.3 is 19.8 Å². The second-order valence-corrected chi connectivity index (χ2v) is 6.74. The Morgan fingerprint density at radius 1 is 1.19 bits per heavy atom. The van der Waals surface area contributed by atoms with Crippen LogP contribution in [0.15, 0.2) is 40.8 Å². The van der Waals surface area contributed by atoms with E-state index >= 15 is 0 Å². The molecule has 7 nitrogen and oxygen atoms in total. The Morgan fingerprint density at radius 2 is 1.96 bits per heavy atom. The number of amides is 1. The molecule has 0 radical (unpaired) electrons. The maximum atomic E-state index is 12.4. The fourth-order valence-corrected chi connectivity index (χ4v) is 3.60. The highest BCUT2D eigenvalue weighted by molar-refractivity contribution is 6.02. The summed E-state index contributed by atoms with van der Waals surface area (Å²) in [6, 6.07) is 11.0. The van der Waals surface area contributed by atoms with E-state index in [4.69, 9.17) is 4.42 Å². The van der Waals surface area contributed by atoms with Crippen LogP contribution in [0.4, 0.5) is 5.69 Å². The van der Waals surface area contributed by atoms with Crippen LogP contribution in [-0.4, -0.2) is 42.6 Å². The van der Waals surface area contributed by atoms with Gasteiger partial charge in [0.1, 0.15) is 11.4 Å². The maximum absolute atomic E-state index is 12.4. The second kappa shape index (κ2) is 6.49. The number of rotatable bonds is 3. The average molecular weight is 355 g/mol. The molecule has 0 unspecified atom stereocenters. The Morgan fingerprint density at radius 3 is 2.73 bits per heavy atom. The van der Waals surface area contributed by atoms with Crippen LogP contribution in [0, 0.1) is 0 Å². The third-order valence-corrected chi connectivity index (χ3v) is 5.04. The topological polar surface area (TPSA) is 83.8 Å². The summed E-state index contributed by atoms with van der Waals surface area (Å²) in [6.45, 7) is 2.24. The molecule has 2 aliphatic rings. The van der Waals surface area contributed by atoms with Gasteiger partial charge in [0.25, 0.3) is 5.91 Å². The molecule has 7 heteroatoms. The zero-order chi connectivity index (χ0) is 18.1. The summed E-state index contributed by atoms with van der Waals surface area (Å²) < 4.78 is 10.2.